The van der Waals surface area contributed by atoms with Crippen molar-refractivity contribution in [3.8, 4) is 0 Å². The van der Waals surface area contributed by atoms with Crippen LogP contribution in [0.4, 0.5) is 11.4 Å². The first-order chi connectivity index (χ1) is 15.3. The maximum Gasteiger partial charge on any atom is 0.291 e. The molecular formula is C23H25N3O5S. The molecule has 0 aliphatic carbocycles. The van der Waals surface area contributed by atoms with E-state index in [4.69, 9.17) is 4.42 Å². The molecule has 2 N–H and O–H groups in total. The van der Waals surface area contributed by atoms with Crippen LogP contribution in [-0.2, 0) is 10.0 Å². The lowest BCUT2D eigenvalue weighted by Crippen LogP contribution is -2.31. The molecule has 1 heterocycles. The number of nitrogens with zero attached hydrogens (tertiary/aromatic N) is 1. The van der Waals surface area contributed by atoms with Crippen molar-refractivity contribution in [3.05, 3.63) is 77.7 Å². The van der Waals surface area contributed by atoms with Crippen LogP contribution in [-0.4, -0.2) is 37.6 Å². The van der Waals surface area contributed by atoms with Crippen molar-refractivity contribution in [3.63, 3.8) is 0 Å². The summed E-state index contributed by atoms with van der Waals surface area (Å²) in [5.74, 6) is -0.612. The molecule has 0 atom stereocenters. The second-order valence-corrected chi connectivity index (χ2v) is 8.94. The molecule has 1 aromatic heterocycles. The summed E-state index contributed by atoms with van der Waals surface area (Å²) in [6.07, 6.45) is 1.41. The first-order valence-electron chi connectivity index (χ1n) is 10.1. The monoisotopic (exact) mass is 455 g/mol. The molecule has 0 aliphatic heterocycles. The van der Waals surface area contributed by atoms with Crippen molar-refractivity contribution >= 4 is 33.2 Å². The molecule has 0 saturated heterocycles. The van der Waals surface area contributed by atoms with Gasteiger partial charge in [0.2, 0.25) is 10.0 Å². The third-order valence-corrected chi connectivity index (χ3v) is 7.11. The molecule has 0 unspecified atom stereocenters. The van der Waals surface area contributed by atoms with Gasteiger partial charge in [0.05, 0.1) is 11.2 Å². The van der Waals surface area contributed by atoms with Crippen LogP contribution in [0.3, 0.4) is 0 Å². The van der Waals surface area contributed by atoms with E-state index >= 15 is 0 Å². The number of anilines is 2. The lowest BCUT2D eigenvalue weighted by molar-refractivity contribution is 0.0995. The molecule has 32 heavy (non-hydrogen) atoms. The Morgan fingerprint density at radius 3 is 2.12 bits per heavy atom. The van der Waals surface area contributed by atoms with E-state index < -0.39 is 21.8 Å². The molecule has 2 aromatic carbocycles. The van der Waals surface area contributed by atoms with Gasteiger partial charge < -0.3 is 15.1 Å². The Morgan fingerprint density at radius 1 is 0.906 bits per heavy atom. The molecule has 0 bridgehead atoms. The predicted octanol–water partition coefficient (Wildman–Crippen LogP) is 4.12. The Morgan fingerprint density at radius 2 is 1.53 bits per heavy atom. The van der Waals surface area contributed by atoms with Gasteiger partial charge in [-0.2, -0.15) is 4.31 Å². The van der Waals surface area contributed by atoms with Gasteiger partial charge in [-0.15, -0.1) is 0 Å². The van der Waals surface area contributed by atoms with Crippen molar-refractivity contribution in [2.24, 2.45) is 0 Å². The molecule has 3 aromatic rings. The minimum Gasteiger partial charge on any atom is -0.459 e. The number of furan rings is 1. The zero-order chi connectivity index (χ0) is 23.3. The van der Waals surface area contributed by atoms with Gasteiger partial charge >= 0.3 is 0 Å². The fourth-order valence-corrected chi connectivity index (χ4v) is 4.88. The number of hydrogen-bond acceptors (Lipinski definition) is 5. The van der Waals surface area contributed by atoms with Crippen molar-refractivity contribution in [2.45, 2.75) is 25.7 Å². The van der Waals surface area contributed by atoms with Crippen LogP contribution in [0.15, 0.2) is 70.2 Å². The largest absolute Gasteiger partial charge is 0.459 e. The standard InChI is InChI=1S/C23H25N3O5S/c1-4-26(5-2)32(29,30)21-15-19(11-8-16(21)3)25-22(27)17-9-12-18(13-10-17)24-23(28)20-7-6-14-31-20/h6-15H,4-5H2,1-3H3,(H,24,28)(H,25,27). The SMILES string of the molecule is CCN(CC)S(=O)(=O)c1cc(NC(=O)c2ccc(NC(=O)c3ccco3)cc2)ccc1C. The molecule has 8 nitrogen and oxygen atoms in total. The molecular weight excluding hydrogens is 430 g/mol. The second kappa shape index (κ2) is 9.80. The number of benzene rings is 2. The Bertz CT molecular complexity index is 1200. The molecule has 0 spiro atoms. The highest BCUT2D eigenvalue weighted by Crippen LogP contribution is 2.24. The number of carbonyl (C=O) groups excluding carboxylic acids is 2. The Kier molecular flexibility index (Phi) is 7.12. The number of amides is 2. The normalized spacial score (nSPS) is 11.4. The van der Waals surface area contributed by atoms with Gasteiger partial charge in [0.15, 0.2) is 5.76 Å². The van der Waals surface area contributed by atoms with E-state index in [-0.39, 0.29) is 10.7 Å². The second-order valence-electron chi connectivity index (χ2n) is 7.03. The van der Waals surface area contributed by atoms with Crippen molar-refractivity contribution in [2.75, 3.05) is 23.7 Å². The first kappa shape index (κ1) is 23.2. The van der Waals surface area contributed by atoms with Crippen molar-refractivity contribution < 1.29 is 22.4 Å². The maximum absolute atomic E-state index is 12.9. The summed E-state index contributed by atoms with van der Waals surface area (Å²) in [5, 5.41) is 5.41. The van der Waals surface area contributed by atoms with E-state index in [0.717, 1.165) is 0 Å². The van der Waals surface area contributed by atoms with Crippen LogP contribution in [0.2, 0.25) is 0 Å². The number of hydrogen-bond donors (Lipinski definition) is 2. The minimum absolute atomic E-state index is 0.162. The van der Waals surface area contributed by atoms with E-state index in [1.165, 1.54) is 16.6 Å². The fourth-order valence-electron chi connectivity index (χ4n) is 3.17. The molecule has 0 saturated carbocycles. The van der Waals surface area contributed by atoms with Crippen LogP contribution in [0.5, 0.6) is 0 Å². The number of sulfonamides is 1. The maximum atomic E-state index is 12.9. The lowest BCUT2D eigenvalue weighted by atomic mass is 10.1. The average Bonchev–Trinajstić information content (AvgIpc) is 3.31. The average molecular weight is 456 g/mol. The highest BCUT2D eigenvalue weighted by Gasteiger charge is 2.24. The minimum atomic E-state index is -3.66. The topological polar surface area (TPSA) is 109 Å². The van der Waals surface area contributed by atoms with E-state index in [2.05, 4.69) is 10.6 Å². The zero-order valence-corrected chi connectivity index (χ0v) is 18.9. The lowest BCUT2D eigenvalue weighted by Gasteiger charge is -2.20. The smallest absolute Gasteiger partial charge is 0.291 e. The van der Waals surface area contributed by atoms with Gasteiger partial charge in [-0.25, -0.2) is 8.42 Å². The molecule has 2 amide bonds. The summed E-state index contributed by atoms with van der Waals surface area (Å²) in [4.78, 5) is 24.8. The highest BCUT2D eigenvalue weighted by molar-refractivity contribution is 7.89. The van der Waals surface area contributed by atoms with Crippen molar-refractivity contribution in [1.82, 2.24) is 4.31 Å². The number of carbonyl (C=O) groups is 2. The Labute approximate surface area is 187 Å². The van der Waals surface area contributed by atoms with Gasteiger partial charge in [-0.3, -0.25) is 9.59 Å². The molecule has 9 heteroatoms. The Balaban J connectivity index is 1.74. The van der Waals surface area contributed by atoms with Crippen LogP contribution < -0.4 is 10.6 Å². The van der Waals surface area contributed by atoms with Gasteiger partial charge in [0, 0.05) is 30.0 Å². The van der Waals surface area contributed by atoms with E-state index in [1.54, 1.807) is 69.3 Å². The summed E-state index contributed by atoms with van der Waals surface area (Å²) in [7, 11) is -3.66. The van der Waals surface area contributed by atoms with E-state index in [0.29, 0.717) is 35.6 Å². The Hall–Kier alpha value is -3.43. The van der Waals surface area contributed by atoms with E-state index in [1.807, 2.05) is 0 Å². The van der Waals surface area contributed by atoms with Crippen LogP contribution in [0.1, 0.15) is 40.3 Å². The first-order valence-corrected chi connectivity index (χ1v) is 11.6. The quantitative estimate of drug-likeness (QED) is 0.531. The third-order valence-electron chi connectivity index (χ3n) is 4.92. The number of aryl methyl sites for hydroxylation is 1. The zero-order valence-electron chi connectivity index (χ0n) is 18.1. The molecule has 3 rings (SSSR count). The van der Waals surface area contributed by atoms with Gasteiger partial charge in [-0.1, -0.05) is 19.9 Å². The van der Waals surface area contributed by atoms with Gasteiger partial charge in [0.25, 0.3) is 11.8 Å². The molecule has 168 valence electrons. The molecule has 0 radical (unpaired) electrons. The molecule has 0 fully saturated rings. The summed E-state index contributed by atoms with van der Waals surface area (Å²) < 4.78 is 32.2. The molecule has 0 aliphatic rings. The van der Waals surface area contributed by atoms with Crippen LogP contribution in [0, 0.1) is 6.92 Å². The third kappa shape index (κ3) is 5.06. The number of rotatable bonds is 8. The van der Waals surface area contributed by atoms with Crippen molar-refractivity contribution in [1.29, 1.82) is 0 Å². The highest BCUT2D eigenvalue weighted by atomic mass is 32.2. The summed E-state index contributed by atoms with van der Waals surface area (Å²) in [6.45, 7) is 6.00. The summed E-state index contributed by atoms with van der Waals surface area (Å²) >= 11 is 0. The number of nitrogens with one attached hydrogen (secondary N) is 2. The summed E-state index contributed by atoms with van der Waals surface area (Å²) in [6, 6.07) is 14.3. The fraction of sp³-hybridized carbons (Fsp3) is 0.217. The predicted molar refractivity (Wildman–Crippen MR) is 122 cm³/mol. The summed E-state index contributed by atoms with van der Waals surface area (Å²) in [5.41, 5.74) is 1.84. The van der Waals surface area contributed by atoms with Gasteiger partial charge in [0.1, 0.15) is 0 Å². The van der Waals surface area contributed by atoms with Crippen LogP contribution >= 0.6 is 0 Å². The van der Waals surface area contributed by atoms with Gasteiger partial charge in [-0.05, 0) is 61.0 Å². The van der Waals surface area contributed by atoms with E-state index in [9.17, 15) is 18.0 Å². The van der Waals surface area contributed by atoms with Crippen LogP contribution in [0.25, 0.3) is 0 Å².